The summed E-state index contributed by atoms with van der Waals surface area (Å²) in [6.07, 6.45) is -0.750. The second kappa shape index (κ2) is 11.9. The zero-order valence-electron chi connectivity index (χ0n) is 17.5. The van der Waals surface area contributed by atoms with Crippen LogP contribution in [-0.2, 0) is 25.6 Å². The van der Waals surface area contributed by atoms with Gasteiger partial charge in [-0.15, -0.1) is 0 Å². The molecule has 0 aliphatic rings. The maximum Gasteiger partial charge on any atom is 0.407 e. The quantitative estimate of drug-likeness (QED) is 0.235. The second-order valence-electron chi connectivity index (χ2n) is 6.91. The standard InChI is InChI=1S/C21H26N4O5S/c1-3-7-20(30-31(27,28)18-12-10-16(2)11-13-18)19(24-25-22)14-23-21(26)29-15-17-8-5-4-6-9-17/h4-6,8-13,19-20H,3,7,14-15H2,1-2H3,(H,23,26)/t19-,20-/m1/s1. The first-order valence-corrected chi connectivity index (χ1v) is 11.2. The predicted molar refractivity (Wildman–Crippen MR) is 116 cm³/mol. The molecule has 0 bridgehead atoms. The van der Waals surface area contributed by atoms with E-state index in [1.54, 1.807) is 12.1 Å². The van der Waals surface area contributed by atoms with Crippen LogP contribution in [0, 0.1) is 6.92 Å². The number of ether oxygens (including phenoxy) is 1. The van der Waals surface area contributed by atoms with Gasteiger partial charge < -0.3 is 10.1 Å². The minimum atomic E-state index is -4.07. The molecule has 0 aromatic heterocycles. The fourth-order valence-electron chi connectivity index (χ4n) is 2.79. The van der Waals surface area contributed by atoms with Gasteiger partial charge in [0.2, 0.25) is 0 Å². The molecule has 2 aromatic rings. The Balaban J connectivity index is 2.03. The number of aryl methyl sites for hydroxylation is 1. The van der Waals surface area contributed by atoms with E-state index in [0.29, 0.717) is 12.8 Å². The van der Waals surface area contributed by atoms with E-state index in [2.05, 4.69) is 15.3 Å². The third-order valence-electron chi connectivity index (χ3n) is 4.43. The monoisotopic (exact) mass is 446 g/mol. The molecular formula is C21H26N4O5S. The van der Waals surface area contributed by atoms with E-state index in [9.17, 15) is 13.2 Å². The van der Waals surface area contributed by atoms with Crippen LogP contribution in [0.25, 0.3) is 10.4 Å². The van der Waals surface area contributed by atoms with Crippen molar-refractivity contribution in [1.29, 1.82) is 0 Å². The van der Waals surface area contributed by atoms with E-state index in [0.717, 1.165) is 11.1 Å². The molecule has 0 heterocycles. The first kappa shape index (κ1) is 24.2. The van der Waals surface area contributed by atoms with Crippen molar-refractivity contribution in [2.75, 3.05) is 6.54 Å². The van der Waals surface area contributed by atoms with Gasteiger partial charge in [0.15, 0.2) is 0 Å². The van der Waals surface area contributed by atoms with Crippen LogP contribution in [0.2, 0.25) is 0 Å². The van der Waals surface area contributed by atoms with Crippen molar-refractivity contribution in [3.05, 3.63) is 76.2 Å². The summed E-state index contributed by atoms with van der Waals surface area (Å²) < 4.78 is 35.9. The fraction of sp³-hybridized carbons (Fsp3) is 0.381. The highest BCUT2D eigenvalue weighted by atomic mass is 32.2. The zero-order chi connectivity index (χ0) is 22.7. The lowest BCUT2D eigenvalue weighted by molar-refractivity contribution is 0.132. The zero-order valence-corrected chi connectivity index (χ0v) is 18.3. The van der Waals surface area contributed by atoms with Crippen molar-refractivity contribution in [2.24, 2.45) is 5.11 Å². The number of nitrogens with one attached hydrogen (secondary N) is 1. The van der Waals surface area contributed by atoms with E-state index in [4.69, 9.17) is 14.5 Å². The molecule has 0 aliphatic heterocycles. The highest BCUT2D eigenvalue weighted by molar-refractivity contribution is 7.86. The van der Waals surface area contributed by atoms with Gasteiger partial charge in [-0.2, -0.15) is 8.42 Å². The number of nitrogens with zero attached hydrogens (tertiary/aromatic N) is 3. The summed E-state index contributed by atoms with van der Waals surface area (Å²) in [6, 6.07) is 14.5. The Morgan fingerprint density at radius 1 is 1.16 bits per heavy atom. The average Bonchev–Trinajstić information content (AvgIpc) is 2.76. The molecule has 10 heteroatoms. The Labute approximate surface area is 182 Å². The molecule has 0 aliphatic carbocycles. The summed E-state index contributed by atoms with van der Waals surface area (Å²) in [5.41, 5.74) is 10.7. The van der Waals surface area contributed by atoms with Crippen LogP contribution >= 0.6 is 0 Å². The van der Waals surface area contributed by atoms with Gasteiger partial charge in [0.1, 0.15) is 6.61 Å². The number of benzene rings is 2. The SMILES string of the molecule is CCC[C@@H](OS(=O)(=O)c1ccc(C)cc1)[C@@H](CNC(=O)OCc1ccccc1)N=[N+]=[N-]. The van der Waals surface area contributed by atoms with Crippen molar-refractivity contribution < 1.29 is 22.1 Å². The molecule has 1 amide bonds. The highest BCUT2D eigenvalue weighted by Gasteiger charge is 2.28. The second-order valence-corrected chi connectivity index (χ2v) is 8.48. The van der Waals surface area contributed by atoms with Gasteiger partial charge in [0.05, 0.1) is 17.0 Å². The number of carbonyl (C=O) groups excluding carboxylic acids is 1. The molecule has 0 saturated heterocycles. The Hall–Kier alpha value is -3.07. The van der Waals surface area contributed by atoms with E-state index in [1.165, 1.54) is 12.1 Å². The highest BCUT2D eigenvalue weighted by Crippen LogP contribution is 2.20. The van der Waals surface area contributed by atoms with Crippen molar-refractivity contribution >= 4 is 16.2 Å². The molecule has 0 saturated carbocycles. The summed E-state index contributed by atoms with van der Waals surface area (Å²) >= 11 is 0. The molecule has 0 spiro atoms. The molecule has 0 radical (unpaired) electrons. The van der Waals surface area contributed by atoms with Gasteiger partial charge >= 0.3 is 6.09 Å². The van der Waals surface area contributed by atoms with Crippen LogP contribution in [0.3, 0.4) is 0 Å². The lowest BCUT2D eigenvalue weighted by atomic mass is 10.1. The van der Waals surface area contributed by atoms with Crippen molar-refractivity contribution in [1.82, 2.24) is 5.32 Å². The summed E-state index contributed by atoms with van der Waals surface area (Å²) in [5.74, 6) is 0. The van der Waals surface area contributed by atoms with Gasteiger partial charge in [-0.1, -0.05) is 66.5 Å². The summed E-state index contributed by atoms with van der Waals surface area (Å²) in [5, 5.41) is 6.15. The van der Waals surface area contributed by atoms with E-state index >= 15 is 0 Å². The number of hydrogen-bond donors (Lipinski definition) is 1. The van der Waals surface area contributed by atoms with Crippen LogP contribution in [0.15, 0.2) is 64.6 Å². The topological polar surface area (TPSA) is 130 Å². The molecule has 31 heavy (non-hydrogen) atoms. The lowest BCUT2D eigenvalue weighted by Crippen LogP contribution is -2.40. The minimum absolute atomic E-state index is 0.00844. The number of azide groups is 1. The first-order valence-electron chi connectivity index (χ1n) is 9.84. The molecule has 166 valence electrons. The van der Waals surface area contributed by atoms with Crippen LogP contribution in [0.1, 0.15) is 30.9 Å². The number of alkyl carbamates (subject to hydrolysis) is 1. The van der Waals surface area contributed by atoms with Crippen LogP contribution in [0.5, 0.6) is 0 Å². The third kappa shape index (κ3) is 7.93. The van der Waals surface area contributed by atoms with Gasteiger partial charge in [0, 0.05) is 11.5 Å². The van der Waals surface area contributed by atoms with Crippen molar-refractivity contribution in [3.63, 3.8) is 0 Å². The summed E-state index contributed by atoms with van der Waals surface area (Å²) in [7, 11) is -4.07. The summed E-state index contributed by atoms with van der Waals surface area (Å²) in [6.45, 7) is 3.64. The van der Waals surface area contributed by atoms with Crippen molar-refractivity contribution in [2.45, 2.75) is 50.3 Å². The minimum Gasteiger partial charge on any atom is -0.445 e. The first-order chi connectivity index (χ1) is 14.9. The molecule has 2 aromatic carbocycles. The smallest absolute Gasteiger partial charge is 0.407 e. The van der Waals surface area contributed by atoms with Gasteiger partial charge in [-0.25, -0.2) is 4.79 Å². The Kier molecular flexibility index (Phi) is 9.33. The van der Waals surface area contributed by atoms with Crippen LogP contribution < -0.4 is 5.32 Å². The van der Waals surface area contributed by atoms with Crippen molar-refractivity contribution in [3.8, 4) is 0 Å². The van der Waals surface area contributed by atoms with E-state index in [-0.39, 0.29) is 18.0 Å². The maximum atomic E-state index is 12.7. The maximum absolute atomic E-state index is 12.7. The largest absolute Gasteiger partial charge is 0.445 e. The van der Waals surface area contributed by atoms with E-state index in [1.807, 2.05) is 44.2 Å². The number of carbonyl (C=O) groups is 1. The molecule has 1 N–H and O–H groups in total. The Morgan fingerprint density at radius 2 is 1.84 bits per heavy atom. The Morgan fingerprint density at radius 3 is 2.45 bits per heavy atom. The van der Waals surface area contributed by atoms with Crippen LogP contribution in [-0.4, -0.2) is 33.2 Å². The van der Waals surface area contributed by atoms with Crippen LogP contribution in [0.4, 0.5) is 4.79 Å². The third-order valence-corrected chi connectivity index (χ3v) is 5.78. The molecule has 2 rings (SSSR count). The average molecular weight is 447 g/mol. The number of hydrogen-bond acceptors (Lipinski definition) is 6. The molecule has 2 atom stereocenters. The van der Waals surface area contributed by atoms with Gasteiger partial charge in [-0.05, 0) is 36.6 Å². The number of rotatable bonds is 11. The number of amides is 1. The molecule has 0 unspecified atom stereocenters. The van der Waals surface area contributed by atoms with Gasteiger partial charge in [0.25, 0.3) is 10.1 Å². The molecular weight excluding hydrogens is 420 g/mol. The lowest BCUT2D eigenvalue weighted by Gasteiger charge is -2.23. The normalized spacial score (nSPS) is 13.0. The Bertz CT molecular complexity index is 990. The van der Waals surface area contributed by atoms with E-state index < -0.39 is 28.4 Å². The molecule has 9 nitrogen and oxygen atoms in total. The predicted octanol–water partition coefficient (Wildman–Crippen LogP) is 4.47. The molecule has 0 fully saturated rings. The van der Waals surface area contributed by atoms with Gasteiger partial charge in [-0.3, -0.25) is 4.18 Å². The fourth-order valence-corrected chi connectivity index (χ4v) is 3.92. The summed E-state index contributed by atoms with van der Waals surface area (Å²) in [4.78, 5) is 14.8.